The number of rotatable bonds is 4. The number of nitrogens with zero attached hydrogens (tertiary/aromatic N) is 1. The van der Waals surface area contributed by atoms with E-state index in [-0.39, 0.29) is 11.5 Å². The molecule has 0 amide bonds. The first kappa shape index (κ1) is 27.9. The lowest BCUT2D eigenvalue weighted by molar-refractivity contribution is 0.595. The lowest BCUT2D eigenvalue weighted by atomic mass is 9.82. The van der Waals surface area contributed by atoms with E-state index in [1.165, 1.54) is 75.9 Å². The van der Waals surface area contributed by atoms with Gasteiger partial charge in [-0.05, 0) is 95.1 Å². The zero-order valence-corrected chi connectivity index (χ0v) is 28.0. The molecule has 3 heteroatoms. The summed E-state index contributed by atoms with van der Waals surface area (Å²) in [6, 6.07) is 38.6. The average Bonchev–Trinajstić information content (AvgIpc) is 3.77. The smallest absolute Gasteiger partial charge is 0.135 e. The fourth-order valence-electron chi connectivity index (χ4n) is 8.46. The van der Waals surface area contributed by atoms with Crippen molar-refractivity contribution in [2.75, 3.05) is 4.90 Å². The van der Waals surface area contributed by atoms with E-state index in [0.29, 0.717) is 0 Å². The SMILES string of the molecule is CC1(C)c2ccccc2-c2ccc(N(c3ccc4oc5c(c4c3)CCC=C5)C3C=CC(c4cccc5c4sc4ccccc45)=CC3)cc21. The summed E-state index contributed by atoms with van der Waals surface area (Å²) in [6.07, 6.45) is 14.6. The van der Waals surface area contributed by atoms with Gasteiger partial charge in [-0.2, -0.15) is 0 Å². The molecule has 0 fully saturated rings. The molecule has 2 heterocycles. The zero-order chi connectivity index (χ0) is 32.0. The lowest BCUT2D eigenvalue weighted by Gasteiger charge is -2.34. The summed E-state index contributed by atoms with van der Waals surface area (Å²) < 4.78 is 9.01. The molecule has 7 aromatic rings. The summed E-state index contributed by atoms with van der Waals surface area (Å²) in [6.45, 7) is 4.74. The third kappa shape index (κ3) is 4.10. The van der Waals surface area contributed by atoms with Crippen LogP contribution in [0, 0.1) is 0 Å². The number of thiophene rings is 1. The zero-order valence-electron chi connectivity index (χ0n) is 27.2. The Morgan fingerprint density at radius 2 is 1.52 bits per heavy atom. The van der Waals surface area contributed by atoms with Crippen molar-refractivity contribution in [1.82, 2.24) is 0 Å². The molecule has 0 saturated heterocycles. The van der Waals surface area contributed by atoms with Crippen LogP contribution in [0.15, 0.2) is 132 Å². The van der Waals surface area contributed by atoms with E-state index in [9.17, 15) is 0 Å². The monoisotopic (exact) mass is 637 g/mol. The molecule has 1 unspecified atom stereocenters. The van der Waals surface area contributed by atoms with Gasteiger partial charge in [0.25, 0.3) is 0 Å². The molecule has 2 nitrogen and oxygen atoms in total. The van der Waals surface area contributed by atoms with Crippen LogP contribution in [0.5, 0.6) is 0 Å². The summed E-state index contributed by atoms with van der Waals surface area (Å²) in [5, 5.41) is 3.93. The quantitative estimate of drug-likeness (QED) is 0.191. The van der Waals surface area contributed by atoms with E-state index in [1.54, 1.807) is 0 Å². The van der Waals surface area contributed by atoms with Crippen molar-refractivity contribution >= 4 is 65.5 Å². The van der Waals surface area contributed by atoms with Crippen molar-refractivity contribution in [3.05, 3.63) is 155 Å². The summed E-state index contributed by atoms with van der Waals surface area (Å²) in [5.74, 6) is 1.01. The average molecular weight is 638 g/mol. The largest absolute Gasteiger partial charge is 0.456 e. The number of aryl methyl sites for hydroxylation is 1. The molecule has 0 N–H and O–H groups in total. The Balaban J connectivity index is 1.09. The Labute approximate surface area is 285 Å². The van der Waals surface area contributed by atoms with Crippen LogP contribution in [0.25, 0.3) is 53.9 Å². The summed E-state index contributed by atoms with van der Waals surface area (Å²) in [5.41, 5.74) is 12.8. The Kier molecular flexibility index (Phi) is 6.08. The predicted octanol–water partition coefficient (Wildman–Crippen LogP) is 12.6. The van der Waals surface area contributed by atoms with E-state index < -0.39 is 0 Å². The van der Waals surface area contributed by atoms with E-state index >= 15 is 0 Å². The molecular weight excluding hydrogens is 603 g/mol. The van der Waals surface area contributed by atoms with Gasteiger partial charge in [-0.1, -0.05) is 105 Å². The highest BCUT2D eigenvalue weighted by molar-refractivity contribution is 7.26. The van der Waals surface area contributed by atoms with E-state index in [4.69, 9.17) is 4.42 Å². The first-order valence-electron chi connectivity index (χ1n) is 17.1. The molecule has 232 valence electrons. The molecule has 5 aromatic carbocycles. The standard InChI is InChI=1S/C45H35NOS/c1-45(2)39-15-6-3-10-33(39)34-24-22-31(27-40(34)45)46(30-23-25-42-38(26-30)35-11-4-7-16-41(35)47-42)29-20-18-28(19-21-29)32-13-9-14-37-36-12-5-8-17-43(36)48-44(32)37/h3,5-10,12-20,22-27,29H,4,11,21H2,1-2H3. The van der Waals surface area contributed by atoms with Gasteiger partial charge in [0.1, 0.15) is 11.3 Å². The predicted molar refractivity (Wildman–Crippen MR) is 205 cm³/mol. The van der Waals surface area contributed by atoms with Crippen molar-refractivity contribution in [2.24, 2.45) is 0 Å². The van der Waals surface area contributed by atoms with Gasteiger partial charge in [0, 0.05) is 47.9 Å². The third-order valence-electron chi connectivity index (χ3n) is 10.9. The fourth-order valence-corrected chi connectivity index (χ4v) is 9.70. The summed E-state index contributed by atoms with van der Waals surface area (Å²) in [4.78, 5) is 2.56. The Bertz CT molecular complexity index is 2540. The molecule has 10 rings (SSSR count). The number of hydrogen-bond acceptors (Lipinski definition) is 3. The summed E-state index contributed by atoms with van der Waals surface area (Å²) in [7, 11) is 0. The molecule has 0 spiro atoms. The first-order chi connectivity index (χ1) is 23.5. The van der Waals surface area contributed by atoms with Crippen LogP contribution >= 0.6 is 11.3 Å². The van der Waals surface area contributed by atoms with Gasteiger partial charge < -0.3 is 9.32 Å². The maximum Gasteiger partial charge on any atom is 0.135 e. The maximum absolute atomic E-state index is 6.29. The minimum absolute atomic E-state index is 0.0636. The van der Waals surface area contributed by atoms with Crippen molar-refractivity contribution < 1.29 is 4.42 Å². The third-order valence-corrected chi connectivity index (χ3v) is 12.1. The summed E-state index contributed by atoms with van der Waals surface area (Å²) >= 11 is 1.90. The van der Waals surface area contributed by atoms with Gasteiger partial charge in [0.05, 0.1) is 6.04 Å². The number of benzene rings is 5. The van der Waals surface area contributed by atoms with Crippen LogP contribution in [0.4, 0.5) is 11.4 Å². The van der Waals surface area contributed by atoms with Gasteiger partial charge >= 0.3 is 0 Å². The van der Waals surface area contributed by atoms with Crippen LogP contribution < -0.4 is 4.90 Å². The van der Waals surface area contributed by atoms with E-state index in [2.05, 4.69) is 152 Å². The van der Waals surface area contributed by atoms with E-state index in [1.807, 2.05) is 11.3 Å². The molecular formula is C45H35NOS. The van der Waals surface area contributed by atoms with Crippen molar-refractivity contribution in [2.45, 2.75) is 44.6 Å². The van der Waals surface area contributed by atoms with Crippen LogP contribution in [-0.4, -0.2) is 6.04 Å². The maximum atomic E-state index is 6.29. The van der Waals surface area contributed by atoms with Gasteiger partial charge in [-0.3, -0.25) is 0 Å². The van der Waals surface area contributed by atoms with Crippen LogP contribution in [0.3, 0.4) is 0 Å². The second-order valence-electron chi connectivity index (χ2n) is 13.9. The number of fused-ring (bicyclic) bond motifs is 9. The minimum Gasteiger partial charge on any atom is -0.456 e. The number of hydrogen-bond donors (Lipinski definition) is 0. The highest BCUT2D eigenvalue weighted by atomic mass is 32.1. The Morgan fingerprint density at radius 3 is 2.44 bits per heavy atom. The fraction of sp³-hybridized carbons (Fsp3) is 0.156. The van der Waals surface area contributed by atoms with Crippen molar-refractivity contribution in [3.8, 4) is 11.1 Å². The Morgan fingerprint density at radius 1 is 0.729 bits per heavy atom. The second kappa shape index (κ2) is 10.4. The van der Waals surface area contributed by atoms with Gasteiger partial charge in [0.15, 0.2) is 0 Å². The second-order valence-corrected chi connectivity index (χ2v) is 15.0. The highest BCUT2D eigenvalue weighted by Gasteiger charge is 2.36. The van der Waals surface area contributed by atoms with Gasteiger partial charge in [0.2, 0.25) is 0 Å². The van der Waals surface area contributed by atoms with Crippen LogP contribution in [0.1, 0.15) is 54.7 Å². The molecule has 0 bridgehead atoms. The van der Waals surface area contributed by atoms with Crippen LogP contribution in [0.2, 0.25) is 0 Å². The molecule has 0 radical (unpaired) electrons. The van der Waals surface area contributed by atoms with Crippen LogP contribution in [-0.2, 0) is 11.8 Å². The molecule has 0 saturated carbocycles. The number of furan rings is 1. The highest BCUT2D eigenvalue weighted by Crippen LogP contribution is 2.50. The number of anilines is 2. The van der Waals surface area contributed by atoms with E-state index in [0.717, 1.165) is 30.6 Å². The van der Waals surface area contributed by atoms with Gasteiger partial charge in [-0.15, -0.1) is 11.3 Å². The minimum atomic E-state index is -0.0636. The first-order valence-corrected chi connectivity index (χ1v) is 17.9. The number of allylic oxidation sites excluding steroid dienone is 3. The lowest BCUT2D eigenvalue weighted by Crippen LogP contribution is -2.30. The molecule has 2 aromatic heterocycles. The molecule has 48 heavy (non-hydrogen) atoms. The van der Waals surface area contributed by atoms with Crippen molar-refractivity contribution in [3.63, 3.8) is 0 Å². The topological polar surface area (TPSA) is 16.4 Å². The Hall–Kier alpha value is -5.12. The molecule has 1 atom stereocenters. The molecule has 3 aliphatic carbocycles. The van der Waals surface area contributed by atoms with Gasteiger partial charge in [-0.25, -0.2) is 0 Å². The molecule has 0 aliphatic heterocycles. The molecule has 3 aliphatic rings. The normalized spacial score (nSPS) is 17.5. The van der Waals surface area contributed by atoms with Crippen molar-refractivity contribution in [1.29, 1.82) is 0 Å².